The second-order valence-electron chi connectivity index (χ2n) is 5.16. The van der Waals surface area contributed by atoms with Gasteiger partial charge in [0.15, 0.2) is 0 Å². The van der Waals surface area contributed by atoms with Gasteiger partial charge in [0, 0.05) is 23.8 Å². The number of hydrogen-bond acceptors (Lipinski definition) is 2. The smallest absolute Gasteiger partial charge is 0.328 e. The molecule has 0 saturated carbocycles. The first kappa shape index (κ1) is 13.7. The summed E-state index contributed by atoms with van der Waals surface area (Å²) in [6, 6.07) is 9.36. The number of benzene rings is 1. The van der Waals surface area contributed by atoms with Gasteiger partial charge in [0.1, 0.15) is 0 Å². The SMILES string of the molecule is CCC1CCC(C)N1c1ccc(/C=C/C(=O)O)cc1. The predicted molar refractivity (Wildman–Crippen MR) is 78.4 cm³/mol. The van der Waals surface area contributed by atoms with Crippen LogP contribution in [0.2, 0.25) is 0 Å². The van der Waals surface area contributed by atoms with Gasteiger partial charge < -0.3 is 10.0 Å². The van der Waals surface area contributed by atoms with Gasteiger partial charge in [-0.15, -0.1) is 0 Å². The minimum Gasteiger partial charge on any atom is -0.478 e. The fourth-order valence-electron chi connectivity index (χ4n) is 2.86. The Morgan fingerprint density at radius 3 is 2.63 bits per heavy atom. The quantitative estimate of drug-likeness (QED) is 0.841. The van der Waals surface area contributed by atoms with Crippen molar-refractivity contribution in [2.45, 2.75) is 45.2 Å². The van der Waals surface area contributed by atoms with Gasteiger partial charge in [-0.3, -0.25) is 0 Å². The third-order valence-corrected chi connectivity index (χ3v) is 3.87. The number of rotatable bonds is 4. The highest BCUT2D eigenvalue weighted by atomic mass is 16.4. The third-order valence-electron chi connectivity index (χ3n) is 3.87. The number of anilines is 1. The molecule has 3 heteroatoms. The summed E-state index contributed by atoms with van der Waals surface area (Å²) in [4.78, 5) is 13.0. The molecular weight excluding hydrogens is 238 g/mol. The Morgan fingerprint density at radius 2 is 2.05 bits per heavy atom. The lowest BCUT2D eigenvalue weighted by Gasteiger charge is -2.30. The zero-order chi connectivity index (χ0) is 13.8. The molecular formula is C16H21NO2. The van der Waals surface area contributed by atoms with E-state index in [9.17, 15) is 4.79 Å². The fraction of sp³-hybridized carbons (Fsp3) is 0.438. The molecule has 1 aliphatic heterocycles. The van der Waals surface area contributed by atoms with E-state index in [0.717, 1.165) is 5.56 Å². The maximum atomic E-state index is 10.5. The van der Waals surface area contributed by atoms with Crippen LogP contribution in [-0.2, 0) is 4.79 Å². The Labute approximate surface area is 114 Å². The molecule has 1 fully saturated rings. The van der Waals surface area contributed by atoms with Crippen molar-refractivity contribution in [2.24, 2.45) is 0 Å². The van der Waals surface area contributed by atoms with Crippen LogP contribution in [-0.4, -0.2) is 23.2 Å². The van der Waals surface area contributed by atoms with Gasteiger partial charge in [0.05, 0.1) is 0 Å². The molecule has 0 spiro atoms. The Bertz CT molecular complexity index is 464. The Kier molecular flexibility index (Phi) is 4.25. The van der Waals surface area contributed by atoms with E-state index < -0.39 is 5.97 Å². The molecule has 0 amide bonds. The molecule has 1 heterocycles. The molecule has 1 aromatic carbocycles. The van der Waals surface area contributed by atoms with E-state index >= 15 is 0 Å². The van der Waals surface area contributed by atoms with Gasteiger partial charge in [0.25, 0.3) is 0 Å². The molecule has 1 saturated heterocycles. The highest BCUT2D eigenvalue weighted by Crippen LogP contribution is 2.32. The monoisotopic (exact) mass is 259 g/mol. The lowest BCUT2D eigenvalue weighted by molar-refractivity contribution is -0.131. The normalized spacial score (nSPS) is 23.2. The molecule has 2 rings (SSSR count). The van der Waals surface area contributed by atoms with Crippen LogP contribution in [0.3, 0.4) is 0 Å². The molecule has 0 aromatic heterocycles. The fourth-order valence-corrected chi connectivity index (χ4v) is 2.86. The van der Waals surface area contributed by atoms with Crippen molar-refractivity contribution in [3.8, 4) is 0 Å². The van der Waals surface area contributed by atoms with E-state index in [-0.39, 0.29) is 0 Å². The van der Waals surface area contributed by atoms with Crippen molar-refractivity contribution in [3.05, 3.63) is 35.9 Å². The van der Waals surface area contributed by atoms with Gasteiger partial charge in [-0.1, -0.05) is 19.1 Å². The second kappa shape index (κ2) is 5.91. The number of nitrogens with zero attached hydrogens (tertiary/aromatic N) is 1. The van der Waals surface area contributed by atoms with Gasteiger partial charge >= 0.3 is 5.97 Å². The lowest BCUT2D eigenvalue weighted by Crippen LogP contribution is -2.33. The van der Waals surface area contributed by atoms with Crippen LogP contribution in [0.5, 0.6) is 0 Å². The van der Waals surface area contributed by atoms with Crippen LogP contribution in [0.1, 0.15) is 38.7 Å². The molecule has 3 nitrogen and oxygen atoms in total. The lowest BCUT2D eigenvalue weighted by atomic mass is 10.1. The van der Waals surface area contributed by atoms with Gasteiger partial charge in [-0.2, -0.15) is 0 Å². The molecule has 0 radical (unpaired) electrons. The van der Waals surface area contributed by atoms with Crippen LogP contribution in [0.15, 0.2) is 30.3 Å². The average molecular weight is 259 g/mol. The summed E-state index contributed by atoms with van der Waals surface area (Å²) in [5, 5.41) is 8.61. The number of carboxylic acids is 1. The van der Waals surface area contributed by atoms with Crippen molar-refractivity contribution in [1.29, 1.82) is 0 Å². The van der Waals surface area contributed by atoms with Gasteiger partial charge in [-0.25, -0.2) is 4.79 Å². The zero-order valence-electron chi connectivity index (χ0n) is 11.5. The zero-order valence-corrected chi connectivity index (χ0v) is 11.5. The van der Waals surface area contributed by atoms with Gasteiger partial charge in [-0.05, 0) is 50.0 Å². The first-order valence-electron chi connectivity index (χ1n) is 6.91. The van der Waals surface area contributed by atoms with Crippen molar-refractivity contribution in [1.82, 2.24) is 0 Å². The predicted octanol–water partition coefficient (Wildman–Crippen LogP) is 3.55. The summed E-state index contributed by atoms with van der Waals surface area (Å²) in [5.74, 6) is -0.914. The minimum atomic E-state index is -0.914. The van der Waals surface area contributed by atoms with Crippen LogP contribution in [0.4, 0.5) is 5.69 Å². The van der Waals surface area contributed by atoms with E-state index in [4.69, 9.17) is 5.11 Å². The molecule has 2 atom stereocenters. The number of hydrogen-bond donors (Lipinski definition) is 1. The third kappa shape index (κ3) is 3.16. The first-order valence-corrected chi connectivity index (χ1v) is 6.91. The van der Waals surface area contributed by atoms with Crippen LogP contribution < -0.4 is 4.90 Å². The van der Waals surface area contributed by atoms with Crippen molar-refractivity contribution in [3.63, 3.8) is 0 Å². The van der Waals surface area contributed by atoms with E-state index in [1.165, 1.54) is 31.0 Å². The average Bonchev–Trinajstić information content (AvgIpc) is 2.78. The largest absolute Gasteiger partial charge is 0.478 e. The van der Waals surface area contributed by atoms with Crippen LogP contribution in [0, 0.1) is 0 Å². The standard InChI is InChI=1S/C16H21NO2/c1-3-14-8-4-12(2)17(14)15-9-5-13(6-10-15)7-11-16(18)19/h5-7,9-12,14H,3-4,8H2,1-2H3,(H,18,19)/b11-7+. The summed E-state index contributed by atoms with van der Waals surface area (Å²) >= 11 is 0. The maximum Gasteiger partial charge on any atom is 0.328 e. The van der Waals surface area contributed by atoms with Crippen molar-refractivity contribution < 1.29 is 9.90 Å². The topological polar surface area (TPSA) is 40.5 Å². The first-order chi connectivity index (χ1) is 9.11. The second-order valence-corrected chi connectivity index (χ2v) is 5.16. The summed E-state index contributed by atoms with van der Waals surface area (Å²) in [6.45, 7) is 4.51. The molecule has 19 heavy (non-hydrogen) atoms. The van der Waals surface area contributed by atoms with Crippen LogP contribution >= 0.6 is 0 Å². The summed E-state index contributed by atoms with van der Waals surface area (Å²) < 4.78 is 0. The van der Waals surface area contributed by atoms with Crippen molar-refractivity contribution >= 4 is 17.7 Å². The molecule has 1 aliphatic rings. The van der Waals surface area contributed by atoms with Crippen molar-refractivity contribution in [2.75, 3.05) is 4.90 Å². The van der Waals surface area contributed by atoms with E-state index in [1.807, 2.05) is 12.1 Å². The molecule has 1 N–H and O–H groups in total. The molecule has 102 valence electrons. The van der Waals surface area contributed by atoms with E-state index in [2.05, 4.69) is 30.9 Å². The highest BCUT2D eigenvalue weighted by molar-refractivity contribution is 5.85. The summed E-state index contributed by atoms with van der Waals surface area (Å²) in [5.41, 5.74) is 2.16. The Balaban J connectivity index is 2.15. The Morgan fingerprint density at radius 1 is 1.37 bits per heavy atom. The van der Waals surface area contributed by atoms with E-state index in [0.29, 0.717) is 12.1 Å². The molecule has 1 aromatic rings. The Hall–Kier alpha value is -1.77. The van der Waals surface area contributed by atoms with E-state index in [1.54, 1.807) is 6.08 Å². The maximum absolute atomic E-state index is 10.5. The summed E-state index contributed by atoms with van der Waals surface area (Å²) in [7, 11) is 0. The minimum absolute atomic E-state index is 0.588. The number of carbonyl (C=O) groups is 1. The molecule has 2 unspecified atom stereocenters. The number of aliphatic carboxylic acids is 1. The molecule has 0 aliphatic carbocycles. The highest BCUT2D eigenvalue weighted by Gasteiger charge is 2.28. The molecule has 0 bridgehead atoms. The van der Waals surface area contributed by atoms with Gasteiger partial charge in [0.2, 0.25) is 0 Å². The number of carboxylic acid groups (broad SMARTS) is 1. The van der Waals surface area contributed by atoms with Crippen LogP contribution in [0.25, 0.3) is 6.08 Å². The summed E-state index contributed by atoms with van der Waals surface area (Å²) in [6.07, 6.45) is 6.47.